The smallest absolute Gasteiger partial charge is 0.255 e. The zero-order valence-corrected chi connectivity index (χ0v) is 19.6. The van der Waals surface area contributed by atoms with Crippen LogP contribution in [0.2, 0.25) is 0 Å². The summed E-state index contributed by atoms with van der Waals surface area (Å²) < 4.78 is 37.3. The molecular weight excluding hydrogens is 464 g/mol. The van der Waals surface area contributed by atoms with Gasteiger partial charge in [-0.05, 0) is 36.8 Å². The number of sulfone groups is 1. The molecule has 1 atom stereocenters. The van der Waals surface area contributed by atoms with Crippen molar-refractivity contribution in [2.24, 2.45) is 5.73 Å². The van der Waals surface area contributed by atoms with Gasteiger partial charge in [0.15, 0.2) is 18.1 Å². The first-order valence-corrected chi connectivity index (χ1v) is 12.4. The van der Waals surface area contributed by atoms with E-state index in [1.165, 1.54) is 18.4 Å². The number of nitrogens with two attached hydrogens (primary N) is 1. The average molecular weight is 487 g/mol. The van der Waals surface area contributed by atoms with Gasteiger partial charge in [0.05, 0.1) is 17.7 Å². The summed E-state index contributed by atoms with van der Waals surface area (Å²) in [5.41, 5.74) is 7.16. The maximum Gasteiger partial charge on any atom is 0.255 e. The monoisotopic (exact) mass is 486 g/mol. The second kappa shape index (κ2) is 8.87. The number of hydrogen-bond acceptors (Lipinski definition) is 7. The predicted molar refractivity (Wildman–Crippen MR) is 124 cm³/mol. The highest BCUT2D eigenvalue weighted by Crippen LogP contribution is 2.47. The molecule has 1 aliphatic rings. The molecule has 3 aromatic rings. The van der Waals surface area contributed by atoms with Crippen LogP contribution >= 0.6 is 11.3 Å². The predicted octanol–water partition coefficient (Wildman–Crippen LogP) is 3.24. The second-order valence-electron chi connectivity index (χ2n) is 7.63. The topological polar surface area (TPSA) is 125 Å². The van der Waals surface area contributed by atoms with Gasteiger partial charge in [0.1, 0.15) is 4.90 Å². The Morgan fingerprint density at radius 2 is 1.91 bits per heavy atom. The first kappa shape index (κ1) is 22.8. The number of rotatable bonds is 7. The highest BCUT2D eigenvalue weighted by Gasteiger charge is 2.34. The minimum Gasteiger partial charge on any atom is -0.493 e. The van der Waals surface area contributed by atoms with Gasteiger partial charge < -0.3 is 20.5 Å². The van der Waals surface area contributed by atoms with E-state index >= 15 is 0 Å². The van der Waals surface area contributed by atoms with Gasteiger partial charge in [-0.1, -0.05) is 23.8 Å². The Hall–Kier alpha value is -3.37. The third kappa shape index (κ3) is 4.44. The van der Waals surface area contributed by atoms with E-state index in [0.29, 0.717) is 17.2 Å². The zero-order valence-electron chi connectivity index (χ0n) is 18.0. The molecule has 0 saturated carbocycles. The van der Waals surface area contributed by atoms with Crippen molar-refractivity contribution in [2.45, 2.75) is 29.1 Å². The molecule has 4 rings (SSSR count). The number of amides is 2. The van der Waals surface area contributed by atoms with Crippen molar-refractivity contribution in [3.8, 4) is 11.5 Å². The number of nitrogens with one attached hydrogen (secondary N) is 1. The Balaban J connectivity index is 1.76. The van der Waals surface area contributed by atoms with Crippen LogP contribution in [0.3, 0.4) is 0 Å². The molecule has 10 heteroatoms. The number of carbonyl (C=O) groups is 2. The first-order valence-electron chi connectivity index (χ1n) is 10.0. The third-order valence-corrected chi connectivity index (χ3v) is 8.38. The number of carbonyl (C=O) groups excluding carboxylic acids is 2. The van der Waals surface area contributed by atoms with Crippen LogP contribution in [0.15, 0.2) is 57.6 Å². The molecule has 33 heavy (non-hydrogen) atoms. The van der Waals surface area contributed by atoms with Crippen LogP contribution in [0.5, 0.6) is 11.5 Å². The van der Waals surface area contributed by atoms with E-state index in [4.69, 9.17) is 15.2 Å². The molecule has 8 nitrogen and oxygen atoms in total. The average Bonchev–Trinajstić information content (AvgIpc) is 3.21. The second-order valence-corrected chi connectivity index (χ2v) is 10.5. The highest BCUT2D eigenvalue weighted by atomic mass is 32.2. The van der Waals surface area contributed by atoms with Gasteiger partial charge in [-0.25, -0.2) is 8.42 Å². The summed E-state index contributed by atoms with van der Waals surface area (Å²) in [6.45, 7) is 1.55. The van der Waals surface area contributed by atoms with E-state index in [1.807, 2.05) is 6.92 Å². The molecule has 1 aromatic heterocycles. The minimum atomic E-state index is -3.82. The van der Waals surface area contributed by atoms with Gasteiger partial charge in [0, 0.05) is 22.6 Å². The molecule has 0 aliphatic carbocycles. The molecule has 0 radical (unpaired) electrons. The molecule has 2 amide bonds. The Bertz CT molecular complexity index is 1330. The third-order valence-electron chi connectivity index (χ3n) is 5.34. The number of ether oxygens (including phenoxy) is 2. The van der Waals surface area contributed by atoms with E-state index in [1.54, 1.807) is 47.8 Å². The molecule has 0 unspecified atom stereocenters. The van der Waals surface area contributed by atoms with Crippen LogP contribution in [0.25, 0.3) is 0 Å². The van der Waals surface area contributed by atoms with Crippen LogP contribution in [-0.2, 0) is 19.4 Å². The number of methoxy groups -OCH3 is 1. The molecule has 2 aromatic carbocycles. The van der Waals surface area contributed by atoms with Crippen molar-refractivity contribution in [3.63, 3.8) is 0 Å². The van der Waals surface area contributed by atoms with Gasteiger partial charge in [-0.2, -0.15) is 0 Å². The number of thiophene rings is 1. The molecule has 0 bridgehead atoms. The minimum absolute atomic E-state index is 0.0723. The summed E-state index contributed by atoms with van der Waals surface area (Å²) in [7, 11) is -2.35. The quantitative estimate of drug-likeness (QED) is 0.528. The van der Waals surface area contributed by atoms with Crippen molar-refractivity contribution >= 4 is 38.7 Å². The van der Waals surface area contributed by atoms with Crippen LogP contribution in [0.4, 0.5) is 5.69 Å². The van der Waals surface area contributed by atoms with E-state index < -0.39 is 15.7 Å². The Morgan fingerprint density at radius 3 is 2.58 bits per heavy atom. The standard InChI is InChI=1S/C23H22N2O6S2/c1-13-3-6-15(7-4-13)33(28,29)19-12-32-23-16(10-21(27)25-22(19)23)14-5-8-17(30-2)18(9-14)31-11-20(24)26/h3-9,12,16H,10-11H2,1-2H3,(H2,24,26)(H,25,27)/t16-/m1/s1. The lowest BCUT2D eigenvalue weighted by molar-refractivity contribution is -0.120. The van der Waals surface area contributed by atoms with E-state index in [0.717, 1.165) is 16.0 Å². The Morgan fingerprint density at radius 1 is 1.18 bits per heavy atom. The summed E-state index contributed by atoms with van der Waals surface area (Å²) in [6.07, 6.45) is 0.138. The van der Waals surface area contributed by atoms with Crippen LogP contribution in [-0.4, -0.2) is 33.9 Å². The van der Waals surface area contributed by atoms with Crippen LogP contribution in [0.1, 0.15) is 28.3 Å². The summed E-state index contributed by atoms with van der Waals surface area (Å²) in [4.78, 5) is 24.7. The Labute approximate surface area is 195 Å². The van der Waals surface area contributed by atoms with Crippen molar-refractivity contribution in [1.29, 1.82) is 0 Å². The summed E-state index contributed by atoms with van der Waals surface area (Å²) in [5, 5.41) is 4.31. The highest BCUT2D eigenvalue weighted by molar-refractivity contribution is 7.91. The lowest BCUT2D eigenvalue weighted by Crippen LogP contribution is -2.23. The first-order chi connectivity index (χ1) is 15.7. The number of hydrogen-bond donors (Lipinski definition) is 2. The van der Waals surface area contributed by atoms with Gasteiger partial charge in [0.25, 0.3) is 5.91 Å². The molecule has 0 fully saturated rings. The van der Waals surface area contributed by atoms with Gasteiger partial charge in [-0.15, -0.1) is 11.3 Å². The van der Waals surface area contributed by atoms with Crippen molar-refractivity contribution in [1.82, 2.24) is 0 Å². The fourth-order valence-electron chi connectivity index (χ4n) is 3.69. The number of anilines is 1. The number of fused-ring (bicyclic) bond motifs is 1. The SMILES string of the molecule is COc1ccc([C@H]2CC(=O)Nc3c(S(=O)(=O)c4ccc(C)cc4)csc32)cc1OCC(N)=O. The molecule has 0 saturated heterocycles. The van der Waals surface area contributed by atoms with Gasteiger partial charge in [-0.3, -0.25) is 9.59 Å². The lowest BCUT2D eigenvalue weighted by atomic mass is 9.90. The molecular formula is C23H22N2O6S2. The largest absolute Gasteiger partial charge is 0.493 e. The van der Waals surface area contributed by atoms with Crippen molar-refractivity contribution < 1.29 is 27.5 Å². The fourth-order valence-corrected chi connectivity index (χ4v) is 6.60. The van der Waals surface area contributed by atoms with E-state index in [-0.39, 0.29) is 34.6 Å². The van der Waals surface area contributed by atoms with E-state index in [9.17, 15) is 18.0 Å². The molecule has 0 spiro atoms. The maximum absolute atomic E-state index is 13.3. The molecule has 172 valence electrons. The summed E-state index contributed by atoms with van der Waals surface area (Å²) in [6, 6.07) is 11.7. The normalized spacial score (nSPS) is 15.5. The molecule has 3 N–H and O–H groups in total. The summed E-state index contributed by atoms with van der Waals surface area (Å²) in [5.74, 6) is -0.588. The van der Waals surface area contributed by atoms with Crippen molar-refractivity contribution in [2.75, 3.05) is 19.0 Å². The molecule has 1 aliphatic heterocycles. The van der Waals surface area contributed by atoms with Crippen LogP contribution in [0, 0.1) is 6.92 Å². The summed E-state index contributed by atoms with van der Waals surface area (Å²) >= 11 is 1.28. The number of benzene rings is 2. The van der Waals surface area contributed by atoms with Gasteiger partial charge >= 0.3 is 0 Å². The fraction of sp³-hybridized carbons (Fsp3) is 0.217. The lowest BCUT2D eigenvalue weighted by Gasteiger charge is -2.24. The number of aryl methyl sites for hydroxylation is 1. The molecule has 2 heterocycles. The van der Waals surface area contributed by atoms with Crippen LogP contribution < -0.4 is 20.5 Å². The zero-order chi connectivity index (χ0) is 23.8. The maximum atomic E-state index is 13.3. The Kier molecular flexibility index (Phi) is 6.13. The van der Waals surface area contributed by atoms with Crippen molar-refractivity contribution in [3.05, 3.63) is 63.8 Å². The number of primary amides is 1. The van der Waals surface area contributed by atoms with E-state index in [2.05, 4.69) is 5.32 Å². The van der Waals surface area contributed by atoms with Gasteiger partial charge in [0.2, 0.25) is 15.7 Å².